The van der Waals surface area contributed by atoms with Gasteiger partial charge in [0, 0.05) is 18.1 Å². The molecule has 1 amide bonds. The number of rotatable bonds is 8. The summed E-state index contributed by atoms with van der Waals surface area (Å²) in [5.74, 6) is -0.182. The minimum Gasteiger partial charge on any atom is -0.358 e. The largest absolute Gasteiger partial charge is 0.416 e. The molecule has 0 aliphatic heterocycles. The van der Waals surface area contributed by atoms with Gasteiger partial charge in [0.25, 0.3) is 0 Å². The Kier molecular flexibility index (Phi) is 8.16. The highest BCUT2D eigenvalue weighted by Crippen LogP contribution is 2.31. The van der Waals surface area contributed by atoms with Crippen molar-refractivity contribution >= 4 is 17.5 Å². The van der Waals surface area contributed by atoms with Gasteiger partial charge in [-0.25, -0.2) is 0 Å². The van der Waals surface area contributed by atoms with Crippen molar-refractivity contribution in [2.75, 3.05) is 7.05 Å². The number of likely N-dealkylation sites (N-methyl/N-ethyl adjacent to an activating group) is 1. The molecule has 0 aromatic heterocycles. The first-order valence-electron chi connectivity index (χ1n) is 10.6. The number of halogens is 4. The van der Waals surface area contributed by atoms with Crippen molar-refractivity contribution in [1.82, 2.24) is 10.6 Å². The zero-order chi connectivity index (χ0) is 24.0. The molecule has 0 aliphatic rings. The molecule has 0 saturated carbocycles. The Morgan fingerprint density at radius 1 is 0.970 bits per heavy atom. The van der Waals surface area contributed by atoms with E-state index < -0.39 is 17.8 Å². The van der Waals surface area contributed by atoms with Gasteiger partial charge in [-0.2, -0.15) is 13.2 Å². The molecule has 7 heteroatoms. The Labute approximate surface area is 197 Å². The third-order valence-electron chi connectivity index (χ3n) is 5.61. The van der Waals surface area contributed by atoms with Crippen LogP contribution in [0.1, 0.15) is 46.3 Å². The summed E-state index contributed by atoms with van der Waals surface area (Å²) < 4.78 is 38.6. The molecule has 0 unspecified atom stereocenters. The SMILES string of the molecule is CNC(=O)[C@H](N[C@H](CCc1ccc(C(F)(F)F)cc1)c1ccc(C)c(Cl)c1)c1ccccc1. The van der Waals surface area contributed by atoms with Gasteiger partial charge in [-0.3, -0.25) is 10.1 Å². The van der Waals surface area contributed by atoms with Crippen molar-refractivity contribution in [3.8, 4) is 0 Å². The van der Waals surface area contributed by atoms with Crippen LogP contribution < -0.4 is 10.6 Å². The molecule has 33 heavy (non-hydrogen) atoms. The Bertz CT molecular complexity index is 1070. The minimum atomic E-state index is -4.36. The summed E-state index contributed by atoms with van der Waals surface area (Å²) in [5, 5.41) is 6.76. The van der Waals surface area contributed by atoms with Gasteiger partial charge in [0.2, 0.25) is 5.91 Å². The van der Waals surface area contributed by atoms with Gasteiger partial charge in [0.15, 0.2) is 0 Å². The van der Waals surface area contributed by atoms with E-state index in [9.17, 15) is 18.0 Å². The van der Waals surface area contributed by atoms with E-state index in [2.05, 4.69) is 10.6 Å². The maximum Gasteiger partial charge on any atom is 0.416 e. The fraction of sp³-hybridized carbons (Fsp3) is 0.269. The third-order valence-corrected chi connectivity index (χ3v) is 6.02. The van der Waals surface area contributed by atoms with Crippen LogP contribution in [0, 0.1) is 6.92 Å². The van der Waals surface area contributed by atoms with Crippen molar-refractivity contribution in [3.63, 3.8) is 0 Å². The summed E-state index contributed by atoms with van der Waals surface area (Å²) >= 11 is 6.36. The summed E-state index contributed by atoms with van der Waals surface area (Å²) in [4.78, 5) is 12.7. The highest BCUT2D eigenvalue weighted by Gasteiger charge is 2.30. The van der Waals surface area contributed by atoms with Crippen LogP contribution in [0.25, 0.3) is 0 Å². The summed E-state index contributed by atoms with van der Waals surface area (Å²) in [6.45, 7) is 1.91. The molecule has 2 N–H and O–H groups in total. The van der Waals surface area contributed by atoms with E-state index in [1.54, 1.807) is 7.05 Å². The second-order valence-corrected chi connectivity index (χ2v) is 8.33. The van der Waals surface area contributed by atoms with Crippen LogP contribution in [0.4, 0.5) is 13.2 Å². The van der Waals surface area contributed by atoms with E-state index in [0.29, 0.717) is 17.9 Å². The molecule has 0 aliphatic carbocycles. The van der Waals surface area contributed by atoms with Crippen LogP contribution in [0.15, 0.2) is 72.8 Å². The maximum atomic E-state index is 12.9. The molecule has 0 fully saturated rings. The highest BCUT2D eigenvalue weighted by molar-refractivity contribution is 6.31. The number of carbonyl (C=O) groups is 1. The van der Waals surface area contributed by atoms with E-state index >= 15 is 0 Å². The lowest BCUT2D eigenvalue weighted by molar-refractivity contribution is -0.137. The topological polar surface area (TPSA) is 41.1 Å². The number of nitrogens with one attached hydrogen (secondary N) is 2. The molecule has 3 aromatic carbocycles. The first-order chi connectivity index (χ1) is 15.7. The van der Waals surface area contributed by atoms with Gasteiger partial charge in [-0.1, -0.05) is 66.2 Å². The second-order valence-electron chi connectivity index (χ2n) is 7.92. The van der Waals surface area contributed by atoms with Crippen molar-refractivity contribution in [1.29, 1.82) is 0 Å². The molecule has 174 valence electrons. The molecule has 0 spiro atoms. The van der Waals surface area contributed by atoms with Crippen LogP contribution in [0.3, 0.4) is 0 Å². The minimum absolute atomic E-state index is 0.182. The average molecular weight is 475 g/mol. The van der Waals surface area contributed by atoms with Gasteiger partial charge in [0.1, 0.15) is 6.04 Å². The lowest BCUT2D eigenvalue weighted by Crippen LogP contribution is -2.38. The van der Waals surface area contributed by atoms with Gasteiger partial charge < -0.3 is 5.32 Å². The summed E-state index contributed by atoms with van der Waals surface area (Å²) in [6.07, 6.45) is -3.28. The normalized spacial score (nSPS) is 13.4. The molecular weight excluding hydrogens is 449 g/mol. The Morgan fingerprint density at radius 2 is 1.64 bits per heavy atom. The van der Waals surface area contributed by atoms with Crippen LogP contribution in [0.5, 0.6) is 0 Å². The smallest absolute Gasteiger partial charge is 0.358 e. The van der Waals surface area contributed by atoms with Crippen LogP contribution in [-0.2, 0) is 17.4 Å². The molecule has 0 bridgehead atoms. The van der Waals surface area contributed by atoms with Crippen molar-refractivity contribution < 1.29 is 18.0 Å². The molecule has 2 atom stereocenters. The lowest BCUT2D eigenvalue weighted by atomic mass is 9.95. The Balaban J connectivity index is 1.87. The second kappa shape index (κ2) is 10.9. The first kappa shape index (κ1) is 24.8. The zero-order valence-electron chi connectivity index (χ0n) is 18.4. The monoisotopic (exact) mass is 474 g/mol. The van der Waals surface area contributed by atoms with Crippen LogP contribution in [-0.4, -0.2) is 13.0 Å². The van der Waals surface area contributed by atoms with Gasteiger partial charge in [0.05, 0.1) is 5.56 Å². The quantitative estimate of drug-likeness (QED) is 0.395. The highest BCUT2D eigenvalue weighted by atomic mass is 35.5. The number of amides is 1. The van der Waals surface area contributed by atoms with Crippen LogP contribution in [0.2, 0.25) is 5.02 Å². The maximum absolute atomic E-state index is 12.9. The average Bonchev–Trinajstić information content (AvgIpc) is 2.81. The fourth-order valence-corrected chi connectivity index (χ4v) is 3.85. The molecule has 3 rings (SSSR count). The van der Waals surface area contributed by atoms with Gasteiger partial charge >= 0.3 is 6.18 Å². The first-order valence-corrected chi connectivity index (χ1v) is 11.0. The summed E-state index contributed by atoms with van der Waals surface area (Å²) in [7, 11) is 1.58. The van der Waals surface area contributed by atoms with E-state index in [1.807, 2.05) is 55.5 Å². The molecule has 0 radical (unpaired) electrons. The molecule has 0 heterocycles. The van der Waals surface area contributed by atoms with Crippen LogP contribution >= 0.6 is 11.6 Å². The molecular formula is C26H26ClF3N2O. The van der Waals surface area contributed by atoms with E-state index in [-0.39, 0.29) is 11.9 Å². The zero-order valence-corrected chi connectivity index (χ0v) is 19.2. The van der Waals surface area contributed by atoms with E-state index in [4.69, 9.17) is 11.6 Å². The number of alkyl halides is 3. The van der Waals surface area contributed by atoms with Crippen molar-refractivity contribution in [2.45, 2.75) is 38.0 Å². The van der Waals surface area contributed by atoms with E-state index in [0.717, 1.165) is 34.4 Å². The van der Waals surface area contributed by atoms with Gasteiger partial charge in [-0.15, -0.1) is 0 Å². The number of hydrogen-bond acceptors (Lipinski definition) is 2. The number of hydrogen-bond donors (Lipinski definition) is 2. The summed E-state index contributed by atoms with van der Waals surface area (Å²) in [5.41, 5.74) is 2.77. The van der Waals surface area contributed by atoms with Gasteiger partial charge in [-0.05, 0) is 60.2 Å². The fourth-order valence-electron chi connectivity index (χ4n) is 3.66. The Hall–Kier alpha value is -2.83. The Morgan fingerprint density at radius 3 is 2.21 bits per heavy atom. The molecule has 0 saturated heterocycles. The predicted octanol–water partition coefficient (Wildman–Crippen LogP) is 6.42. The number of carbonyl (C=O) groups excluding carboxylic acids is 1. The lowest BCUT2D eigenvalue weighted by Gasteiger charge is -2.26. The van der Waals surface area contributed by atoms with E-state index in [1.165, 1.54) is 12.1 Å². The number of benzene rings is 3. The van der Waals surface area contributed by atoms with Crippen molar-refractivity contribution in [2.24, 2.45) is 0 Å². The standard InChI is InChI=1S/C26H26ClF3N2O/c1-17-8-12-20(16-22(17)27)23(15-11-18-9-13-21(14-10-18)26(28,29)30)32-24(25(33)31-2)19-6-4-3-5-7-19/h3-10,12-14,16,23-24,32H,11,15H2,1-2H3,(H,31,33)/t23-,24-/m1/s1. The molecule has 3 nitrogen and oxygen atoms in total. The number of aryl methyl sites for hydroxylation is 2. The molecule has 3 aromatic rings. The van der Waals surface area contributed by atoms with Crippen molar-refractivity contribution in [3.05, 3.63) is 106 Å². The summed E-state index contributed by atoms with van der Waals surface area (Å²) in [6, 6.07) is 19.4. The third kappa shape index (κ3) is 6.59. The predicted molar refractivity (Wildman–Crippen MR) is 125 cm³/mol.